The number of fused-ring (bicyclic) bond motifs is 15. The first kappa shape index (κ1) is 42.0. The summed E-state index contributed by atoms with van der Waals surface area (Å²) in [5, 5.41) is 3.56. The molecule has 0 fully saturated rings. The predicted molar refractivity (Wildman–Crippen MR) is 280 cm³/mol. The summed E-state index contributed by atoms with van der Waals surface area (Å²) in [5.41, 5.74) is 12.3. The van der Waals surface area contributed by atoms with Crippen molar-refractivity contribution >= 4 is 78.0 Å². The van der Waals surface area contributed by atoms with Crippen LogP contribution in [-0.4, -0.2) is 0 Å². The number of rotatable bonds is 6. The molecule has 0 unspecified atom stereocenters. The second-order valence-corrected chi connectivity index (χ2v) is 19.4. The van der Waals surface area contributed by atoms with E-state index in [9.17, 15) is 0 Å². The van der Waals surface area contributed by atoms with Crippen LogP contribution >= 0.6 is 0 Å². The van der Waals surface area contributed by atoms with Crippen LogP contribution in [0, 0.1) is 23.3 Å². The molecule has 2 aliphatic rings. The Kier molecular flexibility index (Phi) is 8.94. The highest BCUT2D eigenvalue weighted by molar-refractivity contribution is 6.12. The molecule has 346 valence electrons. The molecule has 14 rings (SSSR count). The highest BCUT2D eigenvalue weighted by Gasteiger charge is 2.54. The minimum atomic E-state index is -0.992. The van der Waals surface area contributed by atoms with Gasteiger partial charge < -0.3 is 18.6 Å². The molecular weight excluding hydrogens is 905 g/mol. The summed E-state index contributed by atoms with van der Waals surface area (Å²) >= 11 is 0. The number of para-hydroxylation sites is 4. The molecule has 72 heavy (non-hydrogen) atoms. The zero-order chi connectivity index (χ0) is 48.6. The molecule has 0 atom stereocenters. The van der Waals surface area contributed by atoms with E-state index in [0.717, 1.165) is 78.2 Å². The lowest BCUT2D eigenvalue weighted by Gasteiger charge is -2.47. The molecule has 10 aromatic carbocycles. The van der Waals surface area contributed by atoms with Crippen LogP contribution in [0.15, 0.2) is 215 Å². The van der Waals surface area contributed by atoms with E-state index in [2.05, 4.69) is 86.6 Å². The topological polar surface area (TPSA) is 32.8 Å². The fraction of sp³-hybridized carbons (Fsp3) is 0.0625. The Labute approximate surface area is 411 Å². The zero-order valence-electron chi connectivity index (χ0n) is 38.9. The Morgan fingerprint density at radius 2 is 0.708 bits per heavy atom. The number of furan rings is 2. The lowest BCUT2D eigenvalue weighted by molar-refractivity contribution is 0.563. The van der Waals surface area contributed by atoms with Crippen LogP contribution in [0.3, 0.4) is 0 Å². The number of halogens is 4. The van der Waals surface area contributed by atoms with E-state index in [4.69, 9.17) is 8.83 Å². The summed E-state index contributed by atoms with van der Waals surface area (Å²) < 4.78 is 75.6. The van der Waals surface area contributed by atoms with Gasteiger partial charge in [0.15, 0.2) is 11.2 Å². The lowest BCUT2D eigenvalue weighted by Crippen LogP contribution is -2.40. The summed E-state index contributed by atoms with van der Waals surface area (Å²) in [7, 11) is 0. The van der Waals surface area contributed by atoms with E-state index in [1.807, 2.05) is 107 Å². The van der Waals surface area contributed by atoms with E-state index in [1.54, 1.807) is 0 Å². The first-order valence-electron chi connectivity index (χ1n) is 23.9. The average Bonchev–Trinajstić information content (AvgIpc) is 4.05. The second-order valence-electron chi connectivity index (χ2n) is 19.4. The Balaban J connectivity index is 1.07. The van der Waals surface area contributed by atoms with Crippen LogP contribution in [0.2, 0.25) is 0 Å². The number of anilines is 6. The Morgan fingerprint density at radius 3 is 1.14 bits per heavy atom. The van der Waals surface area contributed by atoms with Crippen molar-refractivity contribution in [2.45, 2.75) is 24.7 Å². The Morgan fingerprint density at radius 1 is 0.333 bits per heavy atom. The van der Waals surface area contributed by atoms with Crippen LogP contribution < -0.4 is 9.80 Å². The van der Waals surface area contributed by atoms with Crippen molar-refractivity contribution in [2.24, 2.45) is 0 Å². The fourth-order valence-corrected chi connectivity index (χ4v) is 12.2. The van der Waals surface area contributed by atoms with Gasteiger partial charge in [-0.15, -0.1) is 0 Å². The van der Waals surface area contributed by atoms with E-state index >= 15 is 17.6 Å². The number of hydrogen-bond donors (Lipinski definition) is 0. The molecule has 0 saturated heterocycles. The zero-order valence-corrected chi connectivity index (χ0v) is 38.9. The minimum Gasteiger partial charge on any atom is -0.454 e. The molecule has 0 N–H and O–H groups in total. The minimum absolute atomic E-state index is 0.274. The molecule has 2 aliphatic carbocycles. The first-order valence-corrected chi connectivity index (χ1v) is 23.9. The third-order valence-electron chi connectivity index (χ3n) is 15.1. The van der Waals surface area contributed by atoms with Gasteiger partial charge in [0.25, 0.3) is 0 Å². The van der Waals surface area contributed by atoms with E-state index < -0.39 is 34.1 Å². The van der Waals surface area contributed by atoms with Crippen molar-refractivity contribution < 1.29 is 26.4 Å². The summed E-state index contributed by atoms with van der Waals surface area (Å²) in [5.74, 6) is -2.88. The van der Waals surface area contributed by atoms with Crippen LogP contribution in [-0.2, 0) is 10.8 Å². The summed E-state index contributed by atoms with van der Waals surface area (Å²) in [6.45, 7) is 4.51. The van der Waals surface area contributed by atoms with Crippen molar-refractivity contribution in [2.75, 3.05) is 9.80 Å². The fourth-order valence-electron chi connectivity index (χ4n) is 12.2. The SMILES string of the molecule is CC1(C)c2ccccc2C2(c3cc(N(c4cc(F)cc(F)c4)c4cccc5c4oc4ccccc45)ccc3-c3ccc(N(c4cc(F)cc(F)c4)c4cccc5c4oc4ccccc45)cc32)c2ccccc21. The van der Waals surface area contributed by atoms with Gasteiger partial charge in [0, 0.05) is 50.5 Å². The number of hydrogen-bond acceptors (Lipinski definition) is 4. The predicted octanol–water partition coefficient (Wildman–Crippen LogP) is 18.0. The number of nitrogens with zero attached hydrogens (tertiary/aromatic N) is 2. The van der Waals surface area contributed by atoms with Gasteiger partial charge >= 0.3 is 0 Å². The van der Waals surface area contributed by atoms with Gasteiger partial charge in [-0.3, -0.25) is 0 Å². The van der Waals surface area contributed by atoms with Gasteiger partial charge in [-0.2, -0.15) is 0 Å². The molecule has 0 radical (unpaired) electrons. The van der Waals surface area contributed by atoms with Crippen molar-refractivity contribution in [1.82, 2.24) is 0 Å². The maximum Gasteiger partial charge on any atom is 0.159 e. The second kappa shape index (κ2) is 15.3. The molecule has 8 heteroatoms. The molecule has 2 aromatic heterocycles. The third-order valence-corrected chi connectivity index (χ3v) is 15.1. The molecule has 0 aliphatic heterocycles. The summed E-state index contributed by atoms with van der Waals surface area (Å²) in [4.78, 5) is 3.75. The Hall–Kier alpha value is -8.88. The van der Waals surface area contributed by atoms with Gasteiger partial charge in [0.1, 0.15) is 34.4 Å². The summed E-state index contributed by atoms with van der Waals surface area (Å²) in [6, 6.07) is 64.0. The van der Waals surface area contributed by atoms with Gasteiger partial charge in [-0.05, 0) is 117 Å². The standard InChI is InChI=1S/C64H40F4N2O2/c1-63(2)51-17-5-7-19-53(51)64(54-20-8-6-18-52(54)63)55-35-41(69(43-31-37(65)29-38(66)32-43)57-21-11-15-49-47-13-3-9-23-59(47)71-61(49)57)25-27-45(55)46-28-26-42(36-56(46)64)70(44-33-39(67)30-40(68)34-44)58-22-12-16-50-48-14-4-10-24-60(48)72-62(50)58/h3-36H,1-2H3. The van der Waals surface area contributed by atoms with Crippen LogP contribution in [0.1, 0.15) is 47.2 Å². The van der Waals surface area contributed by atoms with E-state index in [-0.39, 0.29) is 11.4 Å². The smallest absolute Gasteiger partial charge is 0.159 e. The van der Waals surface area contributed by atoms with Gasteiger partial charge in [0.2, 0.25) is 0 Å². The normalized spacial score (nSPS) is 13.9. The molecule has 4 nitrogen and oxygen atoms in total. The molecule has 1 spiro atoms. The van der Waals surface area contributed by atoms with Gasteiger partial charge in [0.05, 0.1) is 28.2 Å². The van der Waals surface area contributed by atoms with Gasteiger partial charge in [-0.1, -0.05) is 135 Å². The quantitative estimate of drug-likeness (QED) is 0.156. The lowest BCUT2D eigenvalue weighted by atomic mass is 9.55. The number of benzene rings is 10. The maximum atomic E-state index is 15.6. The molecule has 0 saturated carbocycles. The van der Waals surface area contributed by atoms with Crippen LogP contribution in [0.25, 0.3) is 55.0 Å². The average molecular weight is 945 g/mol. The van der Waals surface area contributed by atoms with Crippen molar-refractivity contribution in [3.8, 4) is 11.1 Å². The van der Waals surface area contributed by atoms with Gasteiger partial charge in [-0.25, -0.2) is 17.6 Å². The highest BCUT2D eigenvalue weighted by Crippen LogP contribution is 2.64. The van der Waals surface area contributed by atoms with Crippen LogP contribution in [0.5, 0.6) is 0 Å². The monoisotopic (exact) mass is 944 g/mol. The molecule has 2 heterocycles. The maximum absolute atomic E-state index is 15.6. The van der Waals surface area contributed by atoms with Crippen LogP contribution in [0.4, 0.5) is 51.7 Å². The van der Waals surface area contributed by atoms with E-state index in [0.29, 0.717) is 45.1 Å². The summed E-state index contributed by atoms with van der Waals surface area (Å²) in [6.07, 6.45) is 0. The third kappa shape index (κ3) is 5.92. The Bertz CT molecular complexity index is 3930. The van der Waals surface area contributed by atoms with Crippen molar-refractivity contribution in [3.63, 3.8) is 0 Å². The molecular formula is C64H40F4N2O2. The largest absolute Gasteiger partial charge is 0.454 e. The molecule has 0 amide bonds. The van der Waals surface area contributed by atoms with Crippen molar-refractivity contribution in [1.29, 1.82) is 0 Å². The first-order chi connectivity index (χ1) is 35.1. The van der Waals surface area contributed by atoms with Crippen molar-refractivity contribution in [3.05, 3.63) is 263 Å². The molecule has 0 bridgehead atoms. The molecule has 12 aromatic rings. The van der Waals surface area contributed by atoms with E-state index in [1.165, 1.54) is 24.3 Å². The highest BCUT2D eigenvalue weighted by atomic mass is 19.1.